The summed E-state index contributed by atoms with van der Waals surface area (Å²) >= 11 is 5.55. The number of halogens is 2. The Morgan fingerprint density at radius 1 is 1.41 bits per heavy atom. The lowest BCUT2D eigenvalue weighted by molar-refractivity contribution is 0.0323. The van der Waals surface area contributed by atoms with Crippen LogP contribution in [0.25, 0.3) is 0 Å². The van der Waals surface area contributed by atoms with Crippen LogP contribution < -0.4 is 10.1 Å². The summed E-state index contributed by atoms with van der Waals surface area (Å²) in [5.74, 6) is 0.329. The van der Waals surface area contributed by atoms with Crippen molar-refractivity contribution < 1.29 is 19.0 Å². The van der Waals surface area contributed by atoms with Crippen molar-refractivity contribution in [1.29, 1.82) is 0 Å². The molecule has 2 rings (SSSR count). The summed E-state index contributed by atoms with van der Waals surface area (Å²) < 4.78 is 24.4. The summed E-state index contributed by atoms with van der Waals surface area (Å²) in [7, 11) is 0. The van der Waals surface area contributed by atoms with E-state index in [1.54, 1.807) is 6.07 Å². The minimum absolute atomic E-state index is 0.121. The van der Waals surface area contributed by atoms with Crippen LogP contribution in [0.15, 0.2) is 18.2 Å². The molecule has 1 saturated heterocycles. The van der Waals surface area contributed by atoms with E-state index in [2.05, 4.69) is 10.2 Å². The van der Waals surface area contributed by atoms with E-state index >= 15 is 0 Å². The van der Waals surface area contributed by atoms with Gasteiger partial charge in [-0.3, -0.25) is 4.90 Å². The molecule has 7 heteroatoms. The summed E-state index contributed by atoms with van der Waals surface area (Å²) in [5.41, 5.74) is 0.520. The van der Waals surface area contributed by atoms with Gasteiger partial charge in [-0.1, -0.05) is 0 Å². The second-order valence-corrected chi connectivity index (χ2v) is 5.44. The van der Waals surface area contributed by atoms with Crippen molar-refractivity contribution >= 4 is 17.3 Å². The Morgan fingerprint density at radius 2 is 2.18 bits per heavy atom. The minimum Gasteiger partial charge on any atom is -0.490 e. The Labute approximate surface area is 135 Å². The van der Waals surface area contributed by atoms with Crippen molar-refractivity contribution in [2.75, 3.05) is 57.2 Å². The highest BCUT2D eigenvalue weighted by molar-refractivity contribution is 6.18. The maximum Gasteiger partial charge on any atom is 0.142 e. The molecule has 2 N–H and O–H groups in total. The number of nitrogens with one attached hydrogen (secondary N) is 1. The molecule has 1 aliphatic rings. The average molecular weight is 333 g/mol. The van der Waals surface area contributed by atoms with Crippen LogP contribution in [0, 0.1) is 5.82 Å². The molecule has 0 aliphatic carbocycles. The van der Waals surface area contributed by atoms with E-state index in [1.165, 1.54) is 12.1 Å². The number of ether oxygens (including phenoxy) is 2. The van der Waals surface area contributed by atoms with Crippen LogP contribution in [0.4, 0.5) is 10.1 Å². The molecule has 1 unspecified atom stereocenters. The van der Waals surface area contributed by atoms with Gasteiger partial charge < -0.3 is 19.9 Å². The fraction of sp³-hybridized carbons (Fsp3) is 0.600. The zero-order valence-electron chi connectivity index (χ0n) is 12.4. The van der Waals surface area contributed by atoms with Crippen LogP contribution in [0.5, 0.6) is 5.75 Å². The molecule has 124 valence electrons. The van der Waals surface area contributed by atoms with Crippen molar-refractivity contribution in [2.24, 2.45) is 0 Å². The standard InChI is InChI=1S/C15H22ClFN2O3/c16-10-13(20)11-18-14-9-12(17)1-2-15(14)22-8-5-19-3-6-21-7-4-19/h1-2,9,13,18,20H,3-8,10-11H2. The molecule has 22 heavy (non-hydrogen) atoms. The van der Waals surface area contributed by atoms with Gasteiger partial charge in [0.05, 0.1) is 30.9 Å². The van der Waals surface area contributed by atoms with E-state index < -0.39 is 6.10 Å². The van der Waals surface area contributed by atoms with Crippen molar-refractivity contribution in [1.82, 2.24) is 4.90 Å². The number of rotatable bonds is 8. The van der Waals surface area contributed by atoms with Crippen molar-refractivity contribution in [2.45, 2.75) is 6.10 Å². The summed E-state index contributed by atoms with van der Waals surface area (Å²) in [6.07, 6.45) is -0.689. The predicted molar refractivity (Wildman–Crippen MR) is 84.4 cm³/mol. The van der Waals surface area contributed by atoms with Gasteiger partial charge in [0.1, 0.15) is 18.2 Å². The average Bonchev–Trinajstić information content (AvgIpc) is 2.55. The molecule has 0 saturated carbocycles. The van der Waals surface area contributed by atoms with Gasteiger partial charge in [-0.05, 0) is 12.1 Å². The quantitative estimate of drug-likeness (QED) is 0.707. The van der Waals surface area contributed by atoms with E-state index in [-0.39, 0.29) is 18.2 Å². The van der Waals surface area contributed by atoms with Gasteiger partial charge in [0, 0.05) is 32.2 Å². The summed E-state index contributed by atoms with van der Waals surface area (Å²) in [4.78, 5) is 2.26. The number of benzene rings is 1. The van der Waals surface area contributed by atoms with E-state index in [9.17, 15) is 9.50 Å². The third-order valence-corrected chi connectivity index (χ3v) is 3.77. The van der Waals surface area contributed by atoms with E-state index in [0.29, 0.717) is 18.0 Å². The van der Waals surface area contributed by atoms with Gasteiger partial charge in [0.2, 0.25) is 0 Å². The smallest absolute Gasteiger partial charge is 0.142 e. The first-order valence-corrected chi connectivity index (χ1v) is 7.93. The number of nitrogens with zero attached hydrogens (tertiary/aromatic N) is 1. The van der Waals surface area contributed by atoms with Crippen LogP contribution in [0.1, 0.15) is 0 Å². The largest absolute Gasteiger partial charge is 0.490 e. The molecule has 1 atom stereocenters. The number of hydrogen-bond donors (Lipinski definition) is 2. The van der Waals surface area contributed by atoms with E-state index in [4.69, 9.17) is 21.1 Å². The van der Waals surface area contributed by atoms with Crippen LogP contribution in [-0.2, 0) is 4.74 Å². The Morgan fingerprint density at radius 3 is 2.91 bits per heavy atom. The van der Waals surface area contributed by atoms with Crippen LogP contribution in [0.3, 0.4) is 0 Å². The topological polar surface area (TPSA) is 54.0 Å². The van der Waals surface area contributed by atoms with Gasteiger partial charge >= 0.3 is 0 Å². The minimum atomic E-state index is -0.689. The Kier molecular flexibility index (Phi) is 7.18. The molecule has 0 spiro atoms. The Balaban J connectivity index is 1.85. The third kappa shape index (κ3) is 5.61. The first-order chi connectivity index (χ1) is 10.7. The number of hydrogen-bond acceptors (Lipinski definition) is 5. The first kappa shape index (κ1) is 17.3. The second kappa shape index (κ2) is 9.15. The SMILES string of the molecule is OC(CCl)CNc1cc(F)ccc1OCCN1CCOCC1. The van der Waals surface area contributed by atoms with Crippen molar-refractivity contribution in [3.63, 3.8) is 0 Å². The molecule has 0 aromatic heterocycles. The maximum absolute atomic E-state index is 13.4. The predicted octanol–water partition coefficient (Wildman–Crippen LogP) is 1.55. The molecule has 0 radical (unpaired) electrons. The first-order valence-electron chi connectivity index (χ1n) is 7.39. The van der Waals surface area contributed by atoms with Gasteiger partial charge in [-0.2, -0.15) is 0 Å². The third-order valence-electron chi connectivity index (χ3n) is 3.42. The highest BCUT2D eigenvalue weighted by Gasteiger charge is 2.11. The number of aliphatic hydroxyl groups is 1. The molecule has 1 heterocycles. The molecule has 1 fully saturated rings. The number of anilines is 1. The monoisotopic (exact) mass is 332 g/mol. The number of aliphatic hydroxyl groups excluding tert-OH is 1. The fourth-order valence-electron chi connectivity index (χ4n) is 2.16. The molecule has 5 nitrogen and oxygen atoms in total. The Bertz CT molecular complexity index is 458. The highest BCUT2D eigenvalue weighted by Crippen LogP contribution is 2.25. The van der Waals surface area contributed by atoms with Gasteiger partial charge in [-0.25, -0.2) is 4.39 Å². The fourth-order valence-corrected chi connectivity index (χ4v) is 2.27. The normalized spacial score (nSPS) is 17.2. The molecular weight excluding hydrogens is 311 g/mol. The van der Waals surface area contributed by atoms with Gasteiger partial charge in [0.25, 0.3) is 0 Å². The molecule has 1 aromatic carbocycles. The van der Waals surface area contributed by atoms with Crippen LogP contribution in [0.2, 0.25) is 0 Å². The van der Waals surface area contributed by atoms with Crippen LogP contribution in [-0.4, -0.2) is 68.0 Å². The van der Waals surface area contributed by atoms with Crippen LogP contribution >= 0.6 is 11.6 Å². The molecule has 0 bridgehead atoms. The molecular formula is C15H22ClFN2O3. The van der Waals surface area contributed by atoms with Crippen molar-refractivity contribution in [3.05, 3.63) is 24.0 Å². The van der Waals surface area contributed by atoms with E-state index in [0.717, 1.165) is 32.8 Å². The zero-order valence-corrected chi connectivity index (χ0v) is 13.2. The second-order valence-electron chi connectivity index (χ2n) is 5.13. The summed E-state index contributed by atoms with van der Waals surface area (Å²) in [6.45, 7) is 4.86. The Hall–Kier alpha value is -1.08. The summed E-state index contributed by atoms with van der Waals surface area (Å²) in [6, 6.07) is 4.29. The lowest BCUT2D eigenvalue weighted by Crippen LogP contribution is -2.38. The molecule has 1 aliphatic heterocycles. The maximum atomic E-state index is 13.4. The summed E-state index contributed by atoms with van der Waals surface area (Å²) in [5, 5.41) is 12.4. The number of alkyl halides is 1. The van der Waals surface area contributed by atoms with Gasteiger partial charge in [0.15, 0.2) is 0 Å². The molecule has 1 aromatic rings. The van der Waals surface area contributed by atoms with Crippen molar-refractivity contribution in [3.8, 4) is 5.75 Å². The lowest BCUT2D eigenvalue weighted by Gasteiger charge is -2.26. The molecule has 0 amide bonds. The number of morpholine rings is 1. The van der Waals surface area contributed by atoms with E-state index in [1.807, 2.05) is 0 Å². The highest BCUT2D eigenvalue weighted by atomic mass is 35.5. The zero-order chi connectivity index (χ0) is 15.8. The van der Waals surface area contributed by atoms with Gasteiger partial charge in [-0.15, -0.1) is 11.6 Å². The lowest BCUT2D eigenvalue weighted by atomic mass is 10.2.